The summed E-state index contributed by atoms with van der Waals surface area (Å²) in [5, 5.41) is 14.4. The first-order valence-electron chi connectivity index (χ1n) is 6.09. The molecule has 0 radical (unpaired) electrons. The molecule has 0 aliphatic heterocycles. The molecule has 0 aliphatic rings. The SMILES string of the molecule is CCc1cnn2c(O)c(-c3ccccc3)c(=O)[nH]c12. The predicted octanol–water partition coefficient (Wildman–Crippen LogP) is 1.96. The Morgan fingerprint density at radius 1 is 1.32 bits per heavy atom. The number of aromatic nitrogens is 3. The number of aromatic hydroxyl groups is 1. The predicted molar refractivity (Wildman–Crippen MR) is 72.3 cm³/mol. The molecule has 0 spiro atoms. The van der Waals surface area contributed by atoms with Crippen LogP contribution in [-0.4, -0.2) is 19.7 Å². The third kappa shape index (κ3) is 1.71. The van der Waals surface area contributed by atoms with Crippen LogP contribution in [-0.2, 0) is 6.42 Å². The lowest BCUT2D eigenvalue weighted by Gasteiger charge is -2.06. The zero-order valence-electron chi connectivity index (χ0n) is 10.4. The molecule has 3 rings (SSSR count). The molecule has 3 aromatic rings. The van der Waals surface area contributed by atoms with Gasteiger partial charge >= 0.3 is 0 Å². The molecule has 0 bridgehead atoms. The van der Waals surface area contributed by atoms with E-state index in [0.29, 0.717) is 11.2 Å². The van der Waals surface area contributed by atoms with Gasteiger partial charge in [-0.1, -0.05) is 37.3 Å². The summed E-state index contributed by atoms with van der Waals surface area (Å²) in [7, 11) is 0. The zero-order chi connectivity index (χ0) is 13.4. The lowest BCUT2D eigenvalue weighted by molar-refractivity contribution is 0.437. The van der Waals surface area contributed by atoms with Crippen LogP contribution in [0, 0.1) is 0 Å². The van der Waals surface area contributed by atoms with Gasteiger partial charge in [-0.3, -0.25) is 4.79 Å². The Morgan fingerprint density at radius 3 is 2.74 bits per heavy atom. The van der Waals surface area contributed by atoms with E-state index in [9.17, 15) is 9.90 Å². The fourth-order valence-electron chi connectivity index (χ4n) is 2.18. The van der Waals surface area contributed by atoms with E-state index in [0.717, 1.165) is 12.0 Å². The van der Waals surface area contributed by atoms with Gasteiger partial charge in [-0.25, -0.2) is 0 Å². The van der Waals surface area contributed by atoms with Crippen LogP contribution < -0.4 is 5.56 Å². The molecule has 5 nitrogen and oxygen atoms in total. The molecule has 0 fully saturated rings. The topological polar surface area (TPSA) is 70.4 Å². The van der Waals surface area contributed by atoms with Crippen molar-refractivity contribution < 1.29 is 5.11 Å². The number of benzene rings is 1. The highest BCUT2D eigenvalue weighted by Crippen LogP contribution is 2.25. The number of aryl methyl sites for hydroxylation is 1. The van der Waals surface area contributed by atoms with Gasteiger partial charge in [-0.15, -0.1) is 0 Å². The van der Waals surface area contributed by atoms with Gasteiger partial charge in [0.05, 0.1) is 6.20 Å². The van der Waals surface area contributed by atoms with Crippen molar-refractivity contribution in [3.05, 3.63) is 52.4 Å². The Morgan fingerprint density at radius 2 is 2.05 bits per heavy atom. The summed E-state index contributed by atoms with van der Waals surface area (Å²) in [6.07, 6.45) is 2.39. The zero-order valence-corrected chi connectivity index (χ0v) is 10.4. The Hall–Kier alpha value is -2.56. The van der Waals surface area contributed by atoms with Crippen molar-refractivity contribution in [1.82, 2.24) is 14.6 Å². The monoisotopic (exact) mass is 255 g/mol. The minimum atomic E-state index is -0.314. The Bertz CT molecular complexity index is 788. The molecule has 96 valence electrons. The van der Waals surface area contributed by atoms with Crippen LogP contribution >= 0.6 is 0 Å². The van der Waals surface area contributed by atoms with Crippen molar-refractivity contribution in [2.75, 3.05) is 0 Å². The first-order chi connectivity index (χ1) is 9.22. The summed E-state index contributed by atoms with van der Waals surface area (Å²) < 4.78 is 1.36. The van der Waals surface area contributed by atoms with E-state index < -0.39 is 0 Å². The summed E-state index contributed by atoms with van der Waals surface area (Å²) in [4.78, 5) is 14.9. The average molecular weight is 255 g/mol. The number of H-pyrrole nitrogens is 1. The van der Waals surface area contributed by atoms with Crippen molar-refractivity contribution in [1.29, 1.82) is 0 Å². The van der Waals surface area contributed by atoms with E-state index in [1.165, 1.54) is 4.52 Å². The molecule has 2 heterocycles. The van der Waals surface area contributed by atoms with E-state index in [1.54, 1.807) is 18.3 Å². The fraction of sp³-hybridized carbons (Fsp3) is 0.143. The van der Waals surface area contributed by atoms with E-state index in [1.807, 2.05) is 25.1 Å². The Balaban J connectivity index is 2.36. The highest BCUT2D eigenvalue weighted by atomic mass is 16.3. The molecule has 0 atom stereocenters. The molecule has 0 saturated heterocycles. The maximum atomic E-state index is 12.2. The fourth-order valence-corrected chi connectivity index (χ4v) is 2.18. The minimum Gasteiger partial charge on any atom is -0.493 e. The first-order valence-corrected chi connectivity index (χ1v) is 6.09. The van der Waals surface area contributed by atoms with Crippen LogP contribution in [0.15, 0.2) is 41.3 Å². The second kappa shape index (κ2) is 4.28. The van der Waals surface area contributed by atoms with Crippen LogP contribution in [0.3, 0.4) is 0 Å². The lowest BCUT2D eigenvalue weighted by Crippen LogP contribution is -2.13. The molecular weight excluding hydrogens is 242 g/mol. The minimum absolute atomic E-state index is 0.135. The van der Waals surface area contributed by atoms with Crippen molar-refractivity contribution in [3.63, 3.8) is 0 Å². The molecular formula is C14H13N3O2. The van der Waals surface area contributed by atoms with E-state index in [-0.39, 0.29) is 17.0 Å². The summed E-state index contributed by atoms with van der Waals surface area (Å²) >= 11 is 0. The van der Waals surface area contributed by atoms with Crippen molar-refractivity contribution in [2.24, 2.45) is 0 Å². The van der Waals surface area contributed by atoms with E-state index in [4.69, 9.17) is 0 Å². The molecule has 2 aromatic heterocycles. The van der Waals surface area contributed by atoms with E-state index >= 15 is 0 Å². The molecule has 0 saturated carbocycles. The highest BCUT2D eigenvalue weighted by molar-refractivity contribution is 5.69. The normalized spacial score (nSPS) is 11.0. The molecule has 0 aliphatic carbocycles. The van der Waals surface area contributed by atoms with Gasteiger partial charge in [0, 0.05) is 5.56 Å². The largest absolute Gasteiger partial charge is 0.493 e. The summed E-state index contributed by atoms with van der Waals surface area (Å²) in [6.45, 7) is 1.97. The molecule has 1 aromatic carbocycles. The Kier molecular flexibility index (Phi) is 2.59. The highest BCUT2D eigenvalue weighted by Gasteiger charge is 2.16. The lowest BCUT2D eigenvalue weighted by atomic mass is 10.1. The van der Waals surface area contributed by atoms with Gasteiger partial charge < -0.3 is 10.1 Å². The number of nitrogens with zero attached hydrogens (tertiary/aromatic N) is 2. The van der Waals surface area contributed by atoms with Gasteiger partial charge in [0.2, 0.25) is 5.88 Å². The third-order valence-electron chi connectivity index (χ3n) is 3.17. The second-order valence-electron chi connectivity index (χ2n) is 4.30. The maximum Gasteiger partial charge on any atom is 0.262 e. The van der Waals surface area contributed by atoms with Crippen molar-refractivity contribution in [3.8, 4) is 17.0 Å². The van der Waals surface area contributed by atoms with Gasteiger partial charge in [0.25, 0.3) is 5.56 Å². The smallest absolute Gasteiger partial charge is 0.262 e. The summed E-state index contributed by atoms with van der Waals surface area (Å²) in [5.74, 6) is -0.135. The number of fused-ring (bicyclic) bond motifs is 1. The van der Waals surface area contributed by atoms with Crippen molar-refractivity contribution in [2.45, 2.75) is 13.3 Å². The average Bonchev–Trinajstić information content (AvgIpc) is 2.83. The van der Waals surface area contributed by atoms with Crippen LogP contribution in [0.25, 0.3) is 16.8 Å². The van der Waals surface area contributed by atoms with Gasteiger partial charge in [-0.05, 0) is 12.0 Å². The van der Waals surface area contributed by atoms with Gasteiger partial charge in [0.1, 0.15) is 11.2 Å². The number of hydrogen-bond donors (Lipinski definition) is 2. The molecule has 0 amide bonds. The molecule has 5 heteroatoms. The van der Waals surface area contributed by atoms with Crippen molar-refractivity contribution >= 4 is 5.65 Å². The molecule has 2 N–H and O–H groups in total. The third-order valence-corrected chi connectivity index (χ3v) is 3.17. The van der Waals surface area contributed by atoms with Crippen LogP contribution in [0.5, 0.6) is 5.88 Å². The van der Waals surface area contributed by atoms with Gasteiger partial charge in [0.15, 0.2) is 0 Å². The van der Waals surface area contributed by atoms with E-state index in [2.05, 4.69) is 10.1 Å². The summed E-state index contributed by atoms with van der Waals surface area (Å²) in [5.41, 5.74) is 2.03. The van der Waals surface area contributed by atoms with Gasteiger partial charge in [-0.2, -0.15) is 9.61 Å². The standard InChI is InChI=1S/C14H13N3O2/c1-2-9-8-15-17-12(9)16-13(18)11(14(17)19)10-6-4-3-5-7-10/h3-8,19H,2H2,1H3,(H,16,18). The number of nitrogens with one attached hydrogen (secondary N) is 1. The maximum absolute atomic E-state index is 12.2. The molecule has 19 heavy (non-hydrogen) atoms. The first kappa shape index (κ1) is 11.5. The van der Waals surface area contributed by atoms with Crippen LogP contribution in [0.2, 0.25) is 0 Å². The number of rotatable bonds is 2. The van der Waals surface area contributed by atoms with Crippen LogP contribution in [0.4, 0.5) is 0 Å². The number of aromatic amines is 1. The summed E-state index contributed by atoms with van der Waals surface area (Å²) in [6, 6.07) is 9.05. The Labute approximate surface area is 109 Å². The second-order valence-corrected chi connectivity index (χ2v) is 4.30. The quantitative estimate of drug-likeness (QED) is 0.735. The molecule has 0 unspecified atom stereocenters. The number of hydrogen-bond acceptors (Lipinski definition) is 3. The van der Waals surface area contributed by atoms with Crippen LogP contribution in [0.1, 0.15) is 12.5 Å².